The van der Waals surface area contributed by atoms with Gasteiger partial charge in [-0.3, -0.25) is 38.8 Å². The van der Waals surface area contributed by atoms with Crippen molar-refractivity contribution in [1.29, 1.82) is 0 Å². The summed E-state index contributed by atoms with van der Waals surface area (Å²) in [4.78, 5) is 101. The highest BCUT2D eigenvalue weighted by molar-refractivity contribution is 6.47. The van der Waals surface area contributed by atoms with Gasteiger partial charge in [-0.05, 0) is 49.4 Å². The highest BCUT2D eigenvalue weighted by Gasteiger charge is 2.46. The molecule has 12 nitrogen and oxygen atoms in total. The van der Waals surface area contributed by atoms with Crippen LogP contribution in [0.1, 0.15) is 158 Å². The van der Waals surface area contributed by atoms with Gasteiger partial charge in [0.25, 0.3) is 23.6 Å². The third-order valence-electron chi connectivity index (χ3n) is 14.9. The van der Waals surface area contributed by atoms with Crippen LogP contribution >= 0.6 is 0 Å². The number of unbranched alkanes of at least 4 members (excludes halogenated alkanes) is 4. The largest absolute Gasteiger partial charge is 0.352 e. The molecule has 2 N–H and O–H groups in total. The minimum Gasteiger partial charge on any atom is -0.352 e. The van der Waals surface area contributed by atoms with Gasteiger partial charge in [0.05, 0.1) is 21.4 Å². The van der Waals surface area contributed by atoms with Crippen LogP contribution in [0.2, 0.25) is 0 Å². The maximum atomic E-state index is 14.9. The number of imide groups is 4. The summed E-state index contributed by atoms with van der Waals surface area (Å²) in [6.07, 6.45) is 14.5. The number of rotatable bonds is 24. The average Bonchev–Trinajstić information content (AvgIpc) is 3.92. The number of carbonyl (C=O) groups excluding carboxylic acids is 6. The van der Waals surface area contributed by atoms with Crippen molar-refractivity contribution in [3.8, 4) is 0 Å². The first-order valence-electron chi connectivity index (χ1n) is 26.2. The summed E-state index contributed by atoms with van der Waals surface area (Å²) in [6, 6.07) is 14.0. The van der Waals surface area contributed by atoms with Crippen LogP contribution in [-0.2, 0) is 19.2 Å². The van der Waals surface area contributed by atoms with Crippen LogP contribution in [0.15, 0.2) is 48.5 Å². The third-order valence-corrected chi connectivity index (χ3v) is 14.9. The first-order chi connectivity index (χ1) is 32.9. The van der Waals surface area contributed by atoms with Gasteiger partial charge >= 0.3 is 12.1 Å². The molecule has 368 valence electrons. The third kappa shape index (κ3) is 10.8. The van der Waals surface area contributed by atoms with Gasteiger partial charge in [-0.2, -0.15) is 0 Å². The van der Waals surface area contributed by atoms with E-state index in [2.05, 4.69) is 65.4 Å². The molecule has 0 aliphatic carbocycles. The van der Waals surface area contributed by atoms with Crippen molar-refractivity contribution in [1.82, 2.24) is 29.6 Å². The van der Waals surface area contributed by atoms with E-state index in [1.807, 2.05) is 48.5 Å². The van der Waals surface area contributed by atoms with E-state index in [0.717, 1.165) is 103 Å². The zero-order chi connectivity index (χ0) is 49.1. The van der Waals surface area contributed by atoms with E-state index in [9.17, 15) is 28.8 Å². The summed E-state index contributed by atoms with van der Waals surface area (Å²) >= 11 is 0. The SMILES string of the molecule is CCCCC(CC)CN1C(=O)C(=c2[nH]c(=c3[nH]c(=C4C(=O)N(CC(CC)CCCC)C(=O)N(CC(CC)CCCC)C4=O)c4ccccc34)c3ccccc23)C(=O)N(CC(CC)CCCC)C1=O. The van der Waals surface area contributed by atoms with E-state index in [0.29, 0.717) is 42.9 Å². The molecule has 2 fully saturated rings. The van der Waals surface area contributed by atoms with Crippen molar-refractivity contribution in [2.24, 2.45) is 23.7 Å². The number of amides is 8. The molecule has 0 saturated carbocycles. The van der Waals surface area contributed by atoms with Crippen molar-refractivity contribution < 1.29 is 28.8 Å². The van der Waals surface area contributed by atoms with Gasteiger partial charge < -0.3 is 9.97 Å². The van der Waals surface area contributed by atoms with Crippen molar-refractivity contribution in [3.63, 3.8) is 0 Å². The predicted molar refractivity (Wildman–Crippen MR) is 271 cm³/mol. The van der Waals surface area contributed by atoms with Crippen molar-refractivity contribution in [2.45, 2.75) is 158 Å². The summed E-state index contributed by atoms with van der Waals surface area (Å²) in [5.41, 5.74) is -0.171. The van der Waals surface area contributed by atoms with Crippen LogP contribution in [0, 0.1) is 34.4 Å². The molecule has 0 bridgehead atoms. The fourth-order valence-corrected chi connectivity index (χ4v) is 10.3. The van der Waals surface area contributed by atoms with Crippen molar-refractivity contribution in [2.75, 3.05) is 26.2 Å². The van der Waals surface area contributed by atoms with E-state index in [1.54, 1.807) is 0 Å². The Morgan fingerprint density at radius 3 is 0.824 bits per heavy atom. The molecule has 8 amide bonds. The number of H-pyrrole nitrogens is 2. The van der Waals surface area contributed by atoms with E-state index in [4.69, 9.17) is 0 Å². The summed E-state index contributed by atoms with van der Waals surface area (Å²) in [6.45, 7) is 17.7. The lowest BCUT2D eigenvalue weighted by Gasteiger charge is -2.37. The second kappa shape index (κ2) is 24.2. The summed E-state index contributed by atoms with van der Waals surface area (Å²) < 4.78 is 0. The number of nitrogens with zero attached hydrogens (tertiary/aromatic N) is 4. The molecule has 4 unspecified atom stereocenters. The molecule has 2 aliphatic heterocycles. The number of aromatic amines is 2. The van der Waals surface area contributed by atoms with Crippen LogP contribution < -0.4 is 10.7 Å². The smallest absolute Gasteiger partial charge is 0.333 e. The number of fused-ring (bicyclic) bond motifs is 2. The van der Waals surface area contributed by atoms with E-state index in [1.165, 1.54) is 19.6 Å². The lowest BCUT2D eigenvalue weighted by Crippen LogP contribution is -2.59. The fraction of sp³-hybridized carbons (Fsp3) is 0.571. The van der Waals surface area contributed by atoms with Gasteiger partial charge in [0.2, 0.25) is 0 Å². The summed E-state index contributed by atoms with van der Waals surface area (Å²) in [5.74, 6) is -2.13. The number of carbonyl (C=O) groups is 6. The van der Waals surface area contributed by atoms with Crippen LogP contribution in [0.3, 0.4) is 0 Å². The zero-order valence-corrected chi connectivity index (χ0v) is 42.3. The maximum Gasteiger partial charge on any atom is 0.333 e. The molecule has 0 spiro atoms. The number of urea groups is 2. The maximum absolute atomic E-state index is 14.9. The van der Waals surface area contributed by atoms with Crippen molar-refractivity contribution in [3.05, 3.63) is 69.9 Å². The predicted octanol–water partition coefficient (Wildman–Crippen LogP) is 10.7. The number of hydrogen-bond acceptors (Lipinski definition) is 6. The molecule has 4 aromatic rings. The van der Waals surface area contributed by atoms with Crippen LogP contribution in [-0.4, -0.2) is 91.4 Å². The molecule has 12 heteroatoms. The minimum absolute atomic E-state index is 0.0825. The van der Waals surface area contributed by atoms with Gasteiger partial charge in [-0.1, -0.05) is 181 Å². The van der Waals surface area contributed by atoms with Crippen LogP contribution in [0.5, 0.6) is 0 Å². The van der Waals surface area contributed by atoms with Gasteiger partial charge in [0.1, 0.15) is 11.1 Å². The fourth-order valence-electron chi connectivity index (χ4n) is 10.3. The number of barbiturate groups is 2. The molecule has 2 aliphatic rings. The van der Waals surface area contributed by atoms with Crippen molar-refractivity contribution >= 4 is 68.4 Å². The summed E-state index contributed by atoms with van der Waals surface area (Å²) in [7, 11) is 0. The van der Waals surface area contributed by atoms with Crippen LogP contribution in [0.25, 0.3) is 32.7 Å². The Hall–Kier alpha value is -5.52. The quantitative estimate of drug-likeness (QED) is 0.0715. The van der Waals surface area contributed by atoms with Gasteiger partial charge in [-0.25, -0.2) is 9.59 Å². The lowest BCUT2D eigenvalue weighted by molar-refractivity contribution is -0.135. The monoisotopic (exact) mass is 931 g/mol. The number of hydrogen-bond donors (Lipinski definition) is 2. The number of aromatic nitrogens is 2. The van der Waals surface area contributed by atoms with E-state index < -0.39 is 35.7 Å². The van der Waals surface area contributed by atoms with E-state index >= 15 is 0 Å². The second-order valence-electron chi connectivity index (χ2n) is 19.5. The number of nitrogens with one attached hydrogen (secondary N) is 2. The molecule has 2 aromatic heterocycles. The molecule has 0 radical (unpaired) electrons. The molecular weight excluding hydrogens is 853 g/mol. The second-order valence-corrected chi connectivity index (χ2v) is 19.5. The Kier molecular flexibility index (Phi) is 18.4. The average molecular weight is 931 g/mol. The molecule has 2 aromatic carbocycles. The van der Waals surface area contributed by atoms with E-state index in [-0.39, 0.29) is 61.0 Å². The topological polar surface area (TPSA) is 147 Å². The Bertz CT molecular complexity index is 2410. The highest BCUT2D eigenvalue weighted by Crippen LogP contribution is 2.29. The Morgan fingerprint density at radius 2 is 0.603 bits per heavy atom. The lowest BCUT2D eigenvalue weighted by atomic mass is 9.96. The molecule has 68 heavy (non-hydrogen) atoms. The Morgan fingerprint density at radius 1 is 0.368 bits per heavy atom. The normalized spacial score (nSPS) is 17.4. The molecule has 4 heterocycles. The standard InChI is InChI=1S/C56H78N6O6/c1-9-17-25-37(13-5)33-59-51(63)45(52(64)60(55(59)67)34-38(14-6)26-18-10-2)47-41-29-21-23-31-43(41)49(57-47)50-44-32-24-22-30-42(44)48(58-50)46-53(65)61(35-39(15-7)27-19-11-3)56(68)62(54(46)66)36-40(16-8)28-20-12-4/h21-24,29-32,37-40,57-58H,9-20,25-28,33-36H2,1-8H3. The highest BCUT2D eigenvalue weighted by atomic mass is 16.2. The Balaban J connectivity index is 1.65. The molecular formula is C56H78N6O6. The van der Waals surface area contributed by atoms with Gasteiger partial charge in [0, 0.05) is 47.7 Å². The first-order valence-corrected chi connectivity index (χ1v) is 26.2. The molecule has 4 atom stereocenters. The van der Waals surface area contributed by atoms with Gasteiger partial charge in [-0.15, -0.1) is 0 Å². The van der Waals surface area contributed by atoms with Crippen LogP contribution in [0.4, 0.5) is 9.59 Å². The summed E-state index contributed by atoms with van der Waals surface area (Å²) in [5, 5.41) is 4.41. The Labute approximate surface area is 403 Å². The van der Waals surface area contributed by atoms with Gasteiger partial charge in [0.15, 0.2) is 0 Å². The minimum atomic E-state index is -0.615. The first kappa shape index (κ1) is 51.9. The molecule has 6 rings (SSSR count). The zero-order valence-electron chi connectivity index (χ0n) is 42.3. The number of benzene rings is 2. The molecule has 2 saturated heterocycles.